The van der Waals surface area contributed by atoms with Gasteiger partial charge in [0.1, 0.15) is 5.82 Å². The van der Waals surface area contributed by atoms with E-state index in [4.69, 9.17) is 5.73 Å². The number of methoxy groups -OCH3 is 1. The van der Waals surface area contributed by atoms with Crippen LogP contribution in [0.3, 0.4) is 0 Å². The molecule has 4 nitrogen and oxygen atoms in total. The van der Waals surface area contributed by atoms with Crippen molar-refractivity contribution in [1.82, 2.24) is 4.98 Å². The maximum atomic E-state index is 11.2. The molecule has 0 fully saturated rings. The molecular formula is C11H11BrN2O2. The second-order valence-electron chi connectivity index (χ2n) is 2.89. The number of aromatic nitrogens is 1. The normalized spacial score (nSPS) is 9.12. The average molecular weight is 283 g/mol. The van der Waals surface area contributed by atoms with Gasteiger partial charge in [0, 0.05) is 17.9 Å². The van der Waals surface area contributed by atoms with E-state index >= 15 is 0 Å². The van der Waals surface area contributed by atoms with Crippen molar-refractivity contribution in [2.24, 2.45) is 0 Å². The molecule has 2 N–H and O–H groups in total. The number of alkyl halides is 1. The molecule has 0 saturated carbocycles. The Morgan fingerprint density at radius 3 is 3.06 bits per heavy atom. The first-order chi connectivity index (χ1) is 7.69. The van der Waals surface area contributed by atoms with Crippen LogP contribution >= 0.6 is 15.9 Å². The molecule has 0 amide bonds. The molecule has 0 bridgehead atoms. The number of rotatable bonds is 2. The lowest BCUT2D eigenvalue weighted by atomic mass is 10.2. The van der Waals surface area contributed by atoms with Crippen LogP contribution in [0.25, 0.3) is 0 Å². The third kappa shape index (κ3) is 3.24. The van der Waals surface area contributed by atoms with E-state index in [1.165, 1.54) is 13.3 Å². The number of halogens is 1. The van der Waals surface area contributed by atoms with Gasteiger partial charge in [-0.3, -0.25) is 0 Å². The third-order valence-electron chi connectivity index (χ3n) is 1.78. The SMILES string of the molecule is COC(=O)c1cnc(N)c(C#CCCBr)c1. The van der Waals surface area contributed by atoms with Gasteiger partial charge in [0.25, 0.3) is 0 Å². The summed E-state index contributed by atoms with van der Waals surface area (Å²) in [7, 11) is 1.31. The number of hydrogen-bond acceptors (Lipinski definition) is 4. The summed E-state index contributed by atoms with van der Waals surface area (Å²) in [5.41, 5.74) is 6.53. The number of nitrogens with zero attached hydrogens (tertiary/aromatic N) is 1. The smallest absolute Gasteiger partial charge is 0.339 e. The van der Waals surface area contributed by atoms with E-state index in [1.807, 2.05) is 0 Å². The van der Waals surface area contributed by atoms with Crippen molar-refractivity contribution in [1.29, 1.82) is 0 Å². The number of anilines is 1. The van der Waals surface area contributed by atoms with Crippen molar-refractivity contribution in [3.8, 4) is 11.8 Å². The van der Waals surface area contributed by atoms with Gasteiger partial charge in [-0.15, -0.1) is 0 Å². The molecule has 0 aromatic carbocycles. The van der Waals surface area contributed by atoms with E-state index in [0.717, 1.165) is 5.33 Å². The molecule has 16 heavy (non-hydrogen) atoms. The monoisotopic (exact) mass is 282 g/mol. The van der Waals surface area contributed by atoms with Gasteiger partial charge >= 0.3 is 5.97 Å². The van der Waals surface area contributed by atoms with Gasteiger partial charge < -0.3 is 10.5 Å². The molecule has 84 valence electrons. The van der Waals surface area contributed by atoms with E-state index in [9.17, 15) is 4.79 Å². The zero-order chi connectivity index (χ0) is 12.0. The molecule has 0 unspecified atom stereocenters. The molecule has 1 rings (SSSR count). The second-order valence-corrected chi connectivity index (χ2v) is 3.68. The largest absolute Gasteiger partial charge is 0.465 e. The van der Waals surface area contributed by atoms with Crippen LogP contribution in [0.5, 0.6) is 0 Å². The topological polar surface area (TPSA) is 65.2 Å². The number of ether oxygens (including phenoxy) is 1. The molecule has 1 heterocycles. The minimum atomic E-state index is -0.448. The Bertz CT molecular complexity index is 449. The lowest BCUT2D eigenvalue weighted by Gasteiger charge is -2.01. The van der Waals surface area contributed by atoms with Gasteiger partial charge in [0.2, 0.25) is 0 Å². The number of carbonyl (C=O) groups is 1. The highest BCUT2D eigenvalue weighted by molar-refractivity contribution is 9.09. The summed E-state index contributed by atoms with van der Waals surface area (Å²) >= 11 is 3.27. The first-order valence-electron chi connectivity index (χ1n) is 4.57. The van der Waals surface area contributed by atoms with E-state index < -0.39 is 5.97 Å². The quantitative estimate of drug-likeness (QED) is 0.508. The molecule has 0 spiro atoms. The lowest BCUT2D eigenvalue weighted by Crippen LogP contribution is -2.04. The van der Waals surface area contributed by atoms with Gasteiger partial charge in [-0.25, -0.2) is 9.78 Å². The summed E-state index contributed by atoms with van der Waals surface area (Å²) in [4.78, 5) is 15.1. The van der Waals surface area contributed by atoms with Crippen LogP contribution in [-0.2, 0) is 4.74 Å². The highest BCUT2D eigenvalue weighted by Gasteiger charge is 2.07. The van der Waals surface area contributed by atoms with Crippen LogP contribution in [0.1, 0.15) is 22.3 Å². The number of pyridine rings is 1. The Hall–Kier alpha value is -1.54. The van der Waals surface area contributed by atoms with Crippen molar-refractivity contribution in [2.75, 3.05) is 18.2 Å². The van der Waals surface area contributed by atoms with Crippen LogP contribution in [0.2, 0.25) is 0 Å². The summed E-state index contributed by atoms with van der Waals surface area (Å²) in [5, 5.41) is 0.796. The first-order valence-corrected chi connectivity index (χ1v) is 5.70. The summed E-state index contributed by atoms with van der Waals surface area (Å²) in [6, 6.07) is 1.58. The molecule has 1 aromatic heterocycles. The summed E-state index contributed by atoms with van der Waals surface area (Å²) in [6.45, 7) is 0. The van der Waals surface area contributed by atoms with Crippen molar-refractivity contribution in [3.63, 3.8) is 0 Å². The zero-order valence-electron chi connectivity index (χ0n) is 8.79. The highest BCUT2D eigenvalue weighted by atomic mass is 79.9. The first kappa shape index (κ1) is 12.5. The molecule has 0 saturated heterocycles. The van der Waals surface area contributed by atoms with Crippen LogP contribution in [0.15, 0.2) is 12.3 Å². The Morgan fingerprint density at radius 1 is 1.69 bits per heavy atom. The fourth-order valence-electron chi connectivity index (χ4n) is 1.01. The van der Waals surface area contributed by atoms with Gasteiger partial charge in [0.15, 0.2) is 0 Å². The van der Waals surface area contributed by atoms with Crippen molar-refractivity contribution < 1.29 is 9.53 Å². The Balaban J connectivity index is 3.01. The summed E-state index contributed by atoms with van der Waals surface area (Å²) in [5.74, 6) is 5.63. The van der Waals surface area contributed by atoms with Crippen molar-refractivity contribution in [2.45, 2.75) is 6.42 Å². The number of nitrogens with two attached hydrogens (primary N) is 1. The van der Waals surface area contributed by atoms with E-state index in [2.05, 4.69) is 37.5 Å². The van der Waals surface area contributed by atoms with Crippen molar-refractivity contribution in [3.05, 3.63) is 23.4 Å². The minimum absolute atomic E-state index is 0.315. The molecule has 1 aromatic rings. The number of carbonyl (C=O) groups excluding carboxylic acids is 1. The summed E-state index contributed by atoms with van der Waals surface area (Å²) < 4.78 is 4.58. The maximum Gasteiger partial charge on any atom is 0.339 e. The maximum absolute atomic E-state index is 11.2. The number of hydrogen-bond donors (Lipinski definition) is 1. The zero-order valence-corrected chi connectivity index (χ0v) is 10.4. The highest BCUT2D eigenvalue weighted by Crippen LogP contribution is 2.10. The second kappa shape index (κ2) is 6.13. The predicted molar refractivity (Wildman–Crippen MR) is 65.3 cm³/mol. The Morgan fingerprint density at radius 2 is 2.44 bits per heavy atom. The molecule has 0 atom stereocenters. The molecule has 0 radical (unpaired) electrons. The fourth-order valence-corrected chi connectivity index (χ4v) is 1.21. The van der Waals surface area contributed by atoms with Crippen LogP contribution in [0.4, 0.5) is 5.82 Å². The van der Waals surface area contributed by atoms with Crippen LogP contribution in [-0.4, -0.2) is 23.4 Å². The number of esters is 1. The van der Waals surface area contributed by atoms with Crippen LogP contribution in [0, 0.1) is 11.8 Å². The van der Waals surface area contributed by atoms with E-state index in [1.54, 1.807) is 6.07 Å². The van der Waals surface area contributed by atoms with Gasteiger partial charge in [-0.05, 0) is 6.07 Å². The van der Waals surface area contributed by atoms with Crippen LogP contribution < -0.4 is 5.73 Å². The molecule has 0 aliphatic rings. The van der Waals surface area contributed by atoms with Gasteiger partial charge in [-0.1, -0.05) is 27.8 Å². The Kier molecular flexibility index (Phi) is 4.80. The third-order valence-corrected chi connectivity index (χ3v) is 2.18. The predicted octanol–water partition coefficient (Wildman–Crippen LogP) is 1.59. The molecule has 0 aliphatic carbocycles. The van der Waals surface area contributed by atoms with E-state index in [0.29, 0.717) is 23.4 Å². The minimum Gasteiger partial charge on any atom is -0.465 e. The van der Waals surface area contributed by atoms with Gasteiger partial charge in [-0.2, -0.15) is 0 Å². The van der Waals surface area contributed by atoms with E-state index in [-0.39, 0.29) is 0 Å². The molecule has 0 aliphatic heterocycles. The summed E-state index contributed by atoms with van der Waals surface area (Å²) in [6.07, 6.45) is 2.08. The van der Waals surface area contributed by atoms with Gasteiger partial charge in [0.05, 0.1) is 18.2 Å². The van der Waals surface area contributed by atoms with Crippen molar-refractivity contribution >= 4 is 27.7 Å². The molecule has 5 heteroatoms. The molecular weight excluding hydrogens is 272 g/mol. The lowest BCUT2D eigenvalue weighted by molar-refractivity contribution is 0.0600. The fraction of sp³-hybridized carbons (Fsp3) is 0.273. The number of nitrogen functional groups attached to an aromatic ring is 1. The standard InChI is InChI=1S/C11H11BrN2O2/c1-16-11(15)9-6-8(4-2-3-5-12)10(13)14-7-9/h6-7H,3,5H2,1H3,(H2,13,14). The Labute approximate surface area is 102 Å². The average Bonchev–Trinajstić information content (AvgIpc) is 2.31.